The third-order valence-corrected chi connectivity index (χ3v) is 3.95. The molecule has 0 saturated carbocycles. The average molecular weight is 277 g/mol. The summed E-state index contributed by atoms with van der Waals surface area (Å²) in [5.74, 6) is 0.832. The zero-order valence-electron chi connectivity index (χ0n) is 11.3. The summed E-state index contributed by atoms with van der Waals surface area (Å²) in [6.45, 7) is 3.19. The maximum atomic E-state index is 6.33. The number of para-hydroxylation sites is 1. The van der Waals surface area contributed by atoms with E-state index in [9.17, 15) is 0 Å². The molecule has 2 N–H and O–H groups in total. The minimum atomic E-state index is -0.141. The number of methoxy groups -OCH3 is 1. The Bertz CT molecular complexity index is 524. The van der Waals surface area contributed by atoms with Crippen molar-refractivity contribution < 1.29 is 9.47 Å². The van der Waals surface area contributed by atoms with E-state index in [2.05, 4.69) is 19.1 Å². The predicted molar refractivity (Wildman–Crippen MR) is 78.9 cm³/mol. The monoisotopic (exact) mass is 277 g/mol. The standard InChI is InChI=1S/C15H19NO2S/c1-11-7-8-14(19-11)15(16)12-5-3-4-6-13(12)18-10-9-17-2/h3-8,15H,9-10,16H2,1-2H3. The molecule has 1 aromatic heterocycles. The number of rotatable bonds is 6. The molecule has 0 aliphatic carbocycles. The van der Waals surface area contributed by atoms with Crippen LogP contribution in [0.4, 0.5) is 0 Å². The normalized spacial score (nSPS) is 12.4. The molecule has 1 heterocycles. The summed E-state index contributed by atoms with van der Waals surface area (Å²) in [6.07, 6.45) is 0. The Balaban J connectivity index is 2.18. The Morgan fingerprint density at radius 1 is 1.16 bits per heavy atom. The summed E-state index contributed by atoms with van der Waals surface area (Å²) in [4.78, 5) is 2.42. The van der Waals surface area contributed by atoms with Crippen molar-refractivity contribution in [3.05, 3.63) is 51.7 Å². The molecule has 3 nitrogen and oxygen atoms in total. The fourth-order valence-corrected chi connectivity index (χ4v) is 2.78. The van der Waals surface area contributed by atoms with Gasteiger partial charge in [-0.25, -0.2) is 0 Å². The lowest BCUT2D eigenvalue weighted by atomic mass is 10.1. The number of thiophene rings is 1. The second-order valence-electron chi connectivity index (χ2n) is 4.31. The number of benzene rings is 1. The minimum absolute atomic E-state index is 0.141. The van der Waals surface area contributed by atoms with Crippen LogP contribution < -0.4 is 10.5 Å². The lowest BCUT2D eigenvalue weighted by Gasteiger charge is -2.15. The van der Waals surface area contributed by atoms with Gasteiger partial charge in [-0.05, 0) is 25.1 Å². The number of nitrogens with two attached hydrogens (primary N) is 1. The lowest BCUT2D eigenvalue weighted by Crippen LogP contribution is -2.13. The van der Waals surface area contributed by atoms with Gasteiger partial charge in [0.25, 0.3) is 0 Å². The van der Waals surface area contributed by atoms with Gasteiger partial charge >= 0.3 is 0 Å². The SMILES string of the molecule is COCCOc1ccccc1C(N)c1ccc(C)s1. The highest BCUT2D eigenvalue weighted by molar-refractivity contribution is 7.12. The molecule has 0 bridgehead atoms. The van der Waals surface area contributed by atoms with E-state index in [1.807, 2.05) is 24.3 Å². The van der Waals surface area contributed by atoms with Gasteiger partial charge in [-0.1, -0.05) is 18.2 Å². The zero-order chi connectivity index (χ0) is 13.7. The van der Waals surface area contributed by atoms with Gasteiger partial charge in [0, 0.05) is 22.4 Å². The average Bonchev–Trinajstić information content (AvgIpc) is 2.85. The van der Waals surface area contributed by atoms with Crippen molar-refractivity contribution in [2.24, 2.45) is 5.73 Å². The number of ether oxygens (including phenoxy) is 2. The van der Waals surface area contributed by atoms with E-state index >= 15 is 0 Å². The zero-order valence-corrected chi connectivity index (χ0v) is 12.1. The van der Waals surface area contributed by atoms with Gasteiger partial charge in [0.15, 0.2) is 0 Å². The first-order chi connectivity index (χ1) is 9.22. The molecule has 1 atom stereocenters. The minimum Gasteiger partial charge on any atom is -0.491 e. The van der Waals surface area contributed by atoms with Crippen molar-refractivity contribution in [3.8, 4) is 5.75 Å². The van der Waals surface area contributed by atoms with Gasteiger partial charge in [-0.2, -0.15) is 0 Å². The Morgan fingerprint density at radius 3 is 2.63 bits per heavy atom. The van der Waals surface area contributed by atoms with Gasteiger partial charge in [-0.3, -0.25) is 0 Å². The smallest absolute Gasteiger partial charge is 0.124 e. The molecule has 4 heteroatoms. The van der Waals surface area contributed by atoms with E-state index in [0.29, 0.717) is 13.2 Å². The van der Waals surface area contributed by atoms with Crippen LogP contribution >= 0.6 is 11.3 Å². The van der Waals surface area contributed by atoms with Crippen molar-refractivity contribution in [1.82, 2.24) is 0 Å². The topological polar surface area (TPSA) is 44.5 Å². The third kappa shape index (κ3) is 3.56. The molecule has 2 aromatic rings. The first-order valence-corrected chi connectivity index (χ1v) is 7.06. The van der Waals surface area contributed by atoms with Crippen molar-refractivity contribution >= 4 is 11.3 Å². The Hall–Kier alpha value is -1.36. The first kappa shape index (κ1) is 14.1. The van der Waals surface area contributed by atoms with Gasteiger partial charge in [-0.15, -0.1) is 11.3 Å². The molecule has 0 amide bonds. The summed E-state index contributed by atoms with van der Waals surface area (Å²) >= 11 is 1.72. The molecule has 0 radical (unpaired) electrons. The molecular weight excluding hydrogens is 258 g/mol. The van der Waals surface area contributed by atoms with Crippen LogP contribution in [-0.4, -0.2) is 20.3 Å². The maximum absolute atomic E-state index is 6.33. The summed E-state index contributed by atoms with van der Waals surface area (Å²) in [6, 6.07) is 11.9. The highest BCUT2D eigenvalue weighted by atomic mass is 32.1. The quantitative estimate of drug-likeness (QED) is 0.825. The van der Waals surface area contributed by atoms with E-state index in [0.717, 1.165) is 16.2 Å². The van der Waals surface area contributed by atoms with E-state index in [4.69, 9.17) is 15.2 Å². The summed E-state index contributed by atoms with van der Waals surface area (Å²) in [5, 5.41) is 0. The first-order valence-electron chi connectivity index (χ1n) is 6.25. The molecule has 0 aliphatic heterocycles. The Morgan fingerprint density at radius 2 is 1.95 bits per heavy atom. The summed E-state index contributed by atoms with van der Waals surface area (Å²) < 4.78 is 10.7. The van der Waals surface area contributed by atoms with Gasteiger partial charge in [0.2, 0.25) is 0 Å². The fraction of sp³-hybridized carbons (Fsp3) is 0.333. The predicted octanol–water partition coefficient (Wildman–Crippen LogP) is 3.13. The van der Waals surface area contributed by atoms with Crippen LogP contribution in [0.3, 0.4) is 0 Å². The number of aryl methyl sites for hydroxylation is 1. The van der Waals surface area contributed by atoms with Crippen molar-refractivity contribution in [1.29, 1.82) is 0 Å². The van der Waals surface area contributed by atoms with Crippen molar-refractivity contribution in [2.75, 3.05) is 20.3 Å². The molecule has 19 heavy (non-hydrogen) atoms. The largest absolute Gasteiger partial charge is 0.491 e. The third-order valence-electron chi connectivity index (χ3n) is 2.87. The number of hydrogen-bond acceptors (Lipinski definition) is 4. The molecular formula is C15H19NO2S. The van der Waals surface area contributed by atoms with E-state index < -0.39 is 0 Å². The van der Waals surface area contributed by atoms with Crippen LogP contribution in [0.2, 0.25) is 0 Å². The van der Waals surface area contributed by atoms with Crippen LogP contribution in [-0.2, 0) is 4.74 Å². The summed E-state index contributed by atoms with van der Waals surface area (Å²) in [5.41, 5.74) is 7.35. The van der Waals surface area contributed by atoms with Gasteiger partial charge in [0.1, 0.15) is 12.4 Å². The van der Waals surface area contributed by atoms with Gasteiger partial charge in [0.05, 0.1) is 12.6 Å². The highest BCUT2D eigenvalue weighted by Crippen LogP contribution is 2.31. The second-order valence-corrected chi connectivity index (χ2v) is 5.62. The van der Waals surface area contributed by atoms with Crippen LogP contribution in [0.25, 0.3) is 0 Å². The molecule has 1 unspecified atom stereocenters. The lowest BCUT2D eigenvalue weighted by molar-refractivity contribution is 0.145. The van der Waals surface area contributed by atoms with E-state index in [1.54, 1.807) is 18.4 Å². The van der Waals surface area contributed by atoms with Gasteiger partial charge < -0.3 is 15.2 Å². The molecule has 0 spiro atoms. The molecule has 0 saturated heterocycles. The van der Waals surface area contributed by atoms with Crippen molar-refractivity contribution in [2.45, 2.75) is 13.0 Å². The molecule has 0 aliphatic rings. The van der Waals surface area contributed by atoms with Crippen LogP contribution in [0.15, 0.2) is 36.4 Å². The Kier molecular flexibility index (Phi) is 4.96. The molecule has 1 aromatic carbocycles. The molecule has 102 valence electrons. The molecule has 0 fully saturated rings. The number of hydrogen-bond donors (Lipinski definition) is 1. The van der Waals surface area contributed by atoms with Crippen LogP contribution in [0.1, 0.15) is 21.4 Å². The van der Waals surface area contributed by atoms with Crippen LogP contribution in [0, 0.1) is 6.92 Å². The Labute approximate surface area is 118 Å². The second kappa shape index (κ2) is 6.70. The van der Waals surface area contributed by atoms with E-state index in [1.165, 1.54) is 4.88 Å². The fourth-order valence-electron chi connectivity index (χ4n) is 1.88. The summed E-state index contributed by atoms with van der Waals surface area (Å²) in [7, 11) is 1.66. The van der Waals surface area contributed by atoms with Crippen molar-refractivity contribution in [3.63, 3.8) is 0 Å². The van der Waals surface area contributed by atoms with E-state index in [-0.39, 0.29) is 6.04 Å². The maximum Gasteiger partial charge on any atom is 0.124 e. The molecule has 2 rings (SSSR count). The highest BCUT2D eigenvalue weighted by Gasteiger charge is 2.15. The van der Waals surface area contributed by atoms with Crippen LogP contribution in [0.5, 0.6) is 5.75 Å².